The Bertz CT molecular complexity index is 629. The molecular formula is C13H14N2O2S2. The lowest BCUT2D eigenvalue weighted by molar-refractivity contribution is 0.296. The van der Waals surface area contributed by atoms with Crippen LogP contribution in [0.4, 0.5) is 0 Å². The maximum absolute atomic E-state index is 11.5. The van der Waals surface area contributed by atoms with Crippen molar-refractivity contribution in [3.8, 4) is 5.75 Å². The van der Waals surface area contributed by atoms with Crippen molar-refractivity contribution < 1.29 is 4.74 Å². The van der Waals surface area contributed by atoms with Crippen LogP contribution in [0.2, 0.25) is 0 Å². The van der Waals surface area contributed by atoms with E-state index in [0.717, 1.165) is 17.0 Å². The van der Waals surface area contributed by atoms with E-state index in [9.17, 15) is 4.79 Å². The summed E-state index contributed by atoms with van der Waals surface area (Å²) >= 11 is 6.08. The maximum Gasteiger partial charge on any atom is 0.307 e. The minimum absolute atomic E-state index is 0.0462. The van der Waals surface area contributed by atoms with Crippen LogP contribution in [0.3, 0.4) is 0 Å². The molecule has 0 aliphatic carbocycles. The summed E-state index contributed by atoms with van der Waals surface area (Å²) in [6.45, 7) is 2.91. The summed E-state index contributed by atoms with van der Waals surface area (Å²) in [5.74, 6) is 0.737. The fourth-order valence-corrected chi connectivity index (χ4v) is 2.54. The average molecular weight is 294 g/mol. The first-order chi connectivity index (χ1) is 9.08. The van der Waals surface area contributed by atoms with E-state index in [4.69, 9.17) is 22.7 Å². The molecule has 2 aromatic rings. The van der Waals surface area contributed by atoms with Gasteiger partial charge in [-0.05, 0) is 31.2 Å². The molecule has 19 heavy (non-hydrogen) atoms. The molecule has 2 N–H and O–H groups in total. The Balaban J connectivity index is 1.93. The van der Waals surface area contributed by atoms with Crippen molar-refractivity contribution in [2.45, 2.75) is 13.5 Å². The largest absolute Gasteiger partial charge is 0.492 e. The van der Waals surface area contributed by atoms with Crippen molar-refractivity contribution in [3.63, 3.8) is 0 Å². The molecule has 100 valence electrons. The second-order valence-corrected chi connectivity index (χ2v) is 5.29. The lowest BCUT2D eigenvalue weighted by Gasteiger charge is -2.08. The molecule has 0 spiro atoms. The smallest absolute Gasteiger partial charge is 0.307 e. The number of nitrogens with zero attached hydrogens (tertiary/aromatic N) is 1. The Morgan fingerprint density at radius 3 is 2.63 bits per heavy atom. The molecule has 2 rings (SSSR count). The molecule has 1 aromatic carbocycles. The van der Waals surface area contributed by atoms with Crippen LogP contribution in [0.15, 0.2) is 34.4 Å². The van der Waals surface area contributed by atoms with Gasteiger partial charge in [-0.1, -0.05) is 23.6 Å². The highest BCUT2D eigenvalue weighted by atomic mass is 32.1. The molecule has 0 fully saturated rings. The SMILES string of the molecule is Cc1csc(=O)n1CCOc1ccc(C(N)=S)cc1. The molecule has 6 heteroatoms. The van der Waals surface area contributed by atoms with E-state index >= 15 is 0 Å². The maximum atomic E-state index is 11.5. The van der Waals surface area contributed by atoms with E-state index in [1.54, 1.807) is 4.57 Å². The summed E-state index contributed by atoms with van der Waals surface area (Å²) in [6.07, 6.45) is 0. The zero-order valence-corrected chi connectivity index (χ0v) is 12.1. The van der Waals surface area contributed by atoms with Crippen molar-refractivity contribution in [2.75, 3.05) is 6.61 Å². The van der Waals surface area contributed by atoms with Gasteiger partial charge in [0.25, 0.3) is 0 Å². The first-order valence-corrected chi connectivity index (χ1v) is 7.04. The van der Waals surface area contributed by atoms with Crippen LogP contribution in [-0.4, -0.2) is 16.2 Å². The molecule has 0 aliphatic rings. The van der Waals surface area contributed by atoms with Gasteiger partial charge >= 0.3 is 4.87 Å². The predicted octanol–water partition coefficient (Wildman–Crippen LogP) is 1.93. The summed E-state index contributed by atoms with van der Waals surface area (Å²) in [6, 6.07) is 7.27. The third-order valence-electron chi connectivity index (χ3n) is 2.70. The van der Waals surface area contributed by atoms with Crippen LogP contribution in [-0.2, 0) is 6.54 Å². The van der Waals surface area contributed by atoms with Gasteiger partial charge in [-0.15, -0.1) is 0 Å². The second kappa shape index (κ2) is 5.99. The quantitative estimate of drug-likeness (QED) is 0.856. The van der Waals surface area contributed by atoms with Crippen molar-refractivity contribution in [2.24, 2.45) is 5.73 Å². The van der Waals surface area contributed by atoms with Gasteiger partial charge in [-0.25, -0.2) is 0 Å². The number of rotatable bonds is 5. The highest BCUT2D eigenvalue weighted by Crippen LogP contribution is 2.12. The van der Waals surface area contributed by atoms with E-state index < -0.39 is 0 Å². The normalized spacial score (nSPS) is 10.4. The Kier molecular flexibility index (Phi) is 4.34. The molecule has 0 atom stereocenters. The molecule has 4 nitrogen and oxygen atoms in total. The molecule has 0 saturated heterocycles. The number of aromatic nitrogens is 1. The van der Waals surface area contributed by atoms with E-state index in [-0.39, 0.29) is 4.87 Å². The topological polar surface area (TPSA) is 57.2 Å². The molecule has 0 bridgehead atoms. The highest BCUT2D eigenvalue weighted by molar-refractivity contribution is 7.80. The number of aryl methyl sites for hydroxylation is 1. The third-order valence-corrected chi connectivity index (χ3v) is 3.82. The Labute approximate surface area is 120 Å². The first kappa shape index (κ1) is 13.8. The Hall–Kier alpha value is -1.66. The number of thiocarbonyl (C=S) groups is 1. The van der Waals surface area contributed by atoms with Gasteiger partial charge in [-0.2, -0.15) is 0 Å². The highest BCUT2D eigenvalue weighted by Gasteiger charge is 2.02. The summed E-state index contributed by atoms with van der Waals surface area (Å²) in [4.78, 5) is 11.9. The van der Waals surface area contributed by atoms with Gasteiger partial charge in [0.15, 0.2) is 0 Å². The standard InChI is InChI=1S/C13H14N2O2S2/c1-9-8-19-13(16)15(9)6-7-17-11-4-2-10(3-5-11)12(14)18/h2-5,8H,6-7H2,1H3,(H2,14,18). The predicted molar refractivity (Wildman–Crippen MR) is 81.1 cm³/mol. The van der Waals surface area contributed by atoms with Gasteiger partial charge in [0.05, 0.1) is 6.54 Å². The molecule has 1 heterocycles. The molecule has 0 amide bonds. The fourth-order valence-electron chi connectivity index (χ4n) is 1.64. The minimum atomic E-state index is 0.0462. The van der Waals surface area contributed by atoms with Crippen LogP contribution < -0.4 is 15.3 Å². The number of benzene rings is 1. The van der Waals surface area contributed by atoms with Crippen LogP contribution >= 0.6 is 23.6 Å². The lowest BCUT2D eigenvalue weighted by Crippen LogP contribution is -2.19. The molecule has 0 aliphatic heterocycles. The number of hydrogen-bond donors (Lipinski definition) is 1. The molecule has 0 radical (unpaired) electrons. The third kappa shape index (κ3) is 3.42. The van der Waals surface area contributed by atoms with Crippen molar-refractivity contribution in [1.82, 2.24) is 4.57 Å². The van der Waals surface area contributed by atoms with Gasteiger partial charge in [0, 0.05) is 16.6 Å². The zero-order valence-electron chi connectivity index (χ0n) is 10.5. The average Bonchev–Trinajstić information content (AvgIpc) is 2.71. The number of nitrogens with two attached hydrogens (primary N) is 1. The monoisotopic (exact) mass is 294 g/mol. The van der Waals surface area contributed by atoms with Crippen LogP contribution in [0.1, 0.15) is 11.3 Å². The first-order valence-electron chi connectivity index (χ1n) is 5.75. The summed E-state index contributed by atoms with van der Waals surface area (Å²) in [5, 5.41) is 1.85. The lowest BCUT2D eigenvalue weighted by atomic mass is 10.2. The molecule has 0 unspecified atom stereocenters. The zero-order chi connectivity index (χ0) is 13.8. The van der Waals surface area contributed by atoms with E-state index in [0.29, 0.717) is 18.1 Å². The van der Waals surface area contributed by atoms with Crippen molar-refractivity contribution in [3.05, 3.63) is 50.6 Å². The summed E-state index contributed by atoms with van der Waals surface area (Å²) in [5.41, 5.74) is 7.29. The van der Waals surface area contributed by atoms with Gasteiger partial charge in [0.2, 0.25) is 0 Å². The molecule has 0 saturated carbocycles. The molecule has 1 aromatic heterocycles. The van der Waals surface area contributed by atoms with E-state index in [2.05, 4.69) is 0 Å². The second-order valence-electron chi connectivity index (χ2n) is 4.03. The fraction of sp³-hybridized carbons (Fsp3) is 0.231. The molecular weight excluding hydrogens is 280 g/mol. The number of thiazole rings is 1. The summed E-state index contributed by atoms with van der Waals surface area (Å²) in [7, 11) is 0. The van der Waals surface area contributed by atoms with Crippen LogP contribution in [0, 0.1) is 6.92 Å². The summed E-state index contributed by atoms with van der Waals surface area (Å²) < 4.78 is 7.29. The van der Waals surface area contributed by atoms with Gasteiger partial charge in [-0.3, -0.25) is 9.36 Å². The van der Waals surface area contributed by atoms with Crippen LogP contribution in [0.5, 0.6) is 5.75 Å². The number of ether oxygens (including phenoxy) is 1. The number of hydrogen-bond acceptors (Lipinski definition) is 4. The van der Waals surface area contributed by atoms with E-state index in [1.807, 2.05) is 36.6 Å². The minimum Gasteiger partial charge on any atom is -0.492 e. The van der Waals surface area contributed by atoms with Crippen molar-refractivity contribution in [1.29, 1.82) is 0 Å². The van der Waals surface area contributed by atoms with Crippen molar-refractivity contribution >= 4 is 28.5 Å². The Morgan fingerprint density at radius 1 is 1.42 bits per heavy atom. The van der Waals surface area contributed by atoms with Gasteiger partial charge in [0.1, 0.15) is 17.3 Å². The Morgan fingerprint density at radius 2 is 2.11 bits per heavy atom. The van der Waals surface area contributed by atoms with Crippen LogP contribution in [0.25, 0.3) is 0 Å². The van der Waals surface area contributed by atoms with E-state index in [1.165, 1.54) is 11.3 Å². The van der Waals surface area contributed by atoms with Gasteiger partial charge < -0.3 is 10.5 Å².